The SMILES string of the molecule is O=C(N/N=C\c1ccc(Br)cc1)c1ccc(O)cc1. The average Bonchev–Trinajstić information content (AvgIpc) is 2.41. The van der Waals surface area contributed by atoms with E-state index >= 15 is 0 Å². The van der Waals surface area contributed by atoms with Gasteiger partial charge in [0.15, 0.2) is 0 Å². The van der Waals surface area contributed by atoms with Gasteiger partial charge in [0.05, 0.1) is 6.21 Å². The van der Waals surface area contributed by atoms with Crippen LogP contribution in [-0.4, -0.2) is 17.2 Å². The molecule has 0 spiro atoms. The molecule has 2 N–H and O–H groups in total. The highest BCUT2D eigenvalue weighted by Gasteiger charge is 2.02. The number of halogens is 1. The van der Waals surface area contributed by atoms with Crippen LogP contribution >= 0.6 is 15.9 Å². The predicted octanol–water partition coefficient (Wildman–Crippen LogP) is 2.92. The Morgan fingerprint density at radius 2 is 1.74 bits per heavy atom. The quantitative estimate of drug-likeness (QED) is 0.675. The molecular weight excluding hydrogens is 308 g/mol. The lowest BCUT2D eigenvalue weighted by Gasteiger charge is -1.99. The van der Waals surface area contributed by atoms with Crippen molar-refractivity contribution < 1.29 is 9.90 Å². The third-order valence-electron chi connectivity index (χ3n) is 2.38. The van der Waals surface area contributed by atoms with Crippen LogP contribution < -0.4 is 5.43 Å². The first-order chi connectivity index (χ1) is 9.15. The Balaban J connectivity index is 1.96. The summed E-state index contributed by atoms with van der Waals surface area (Å²) in [6, 6.07) is 13.5. The number of rotatable bonds is 3. The first-order valence-corrected chi connectivity index (χ1v) is 6.32. The van der Waals surface area contributed by atoms with E-state index in [0.29, 0.717) is 5.56 Å². The summed E-state index contributed by atoms with van der Waals surface area (Å²) in [7, 11) is 0. The van der Waals surface area contributed by atoms with Crippen molar-refractivity contribution in [2.75, 3.05) is 0 Å². The summed E-state index contributed by atoms with van der Waals surface area (Å²) in [5.41, 5.74) is 3.74. The highest BCUT2D eigenvalue weighted by Crippen LogP contribution is 2.10. The molecule has 0 aliphatic heterocycles. The molecule has 0 atom stereocenters. The third kappa shape index (κ3) is 3.93. The van der Waals surface area contributed by atoms with Crippen molar-refractivity contribution >= 4 is 28.1 Å². The second kappa shape index (κ2) is 6.15. The summed E-state index contributed by atoms with van der Waals surface area (Å²) in [4.78, 5) is 11.7. The Hall–Kier alpha value is -2.14. The molecule has 4 nitrogen and oxygen atoms in total. The fourth-order valence-electron chi connectivity index (χ4n) is 1.39. The molecule has 0 saturated heterocycles. The monoisotopic (exact) mass is 318 g/mol. The van der Waals surface area contributed by atoms with Crippen molar-refractivity contribution in [1.29, 1.82) is 0 Å². The minimum atomic E-state index is -0.326. The molecule has 0 saturated carbocycles. The predicted molar refractivity (Wildman–Crippen MR) is 77.3 cm³/mol. The largest absolute Gasteiger partial charge is 0.508 e. The molecule has 0 radical (unpaired) electrons. The fourth-order valence-corrected chi connectivity index (χ4v) is 1.66. The summed E-state index contributed by atoms with van der Waals surface area (Å²) in [6.45, 7) is 0. The summed E-state index contributed by atoms with van der Waals surface area (Å²) in [5, 5.41) is 13.0. The first-order valence-electron chi connectivity index (χ1n) is 5.53. The van der Waals surface area contributed by atoms with E-state index in [0.717, 1.165) is 10.0 Å². The van der Waals surface area contributed by atoms with Crippen LogP contribution in [-0.2, 0) is 0 Å². The zero-order valence-corrected chi connectivity index (χ0v) is 11.5. The maximum absolute atomic E-state index is 11.7. The second-order valence-corrected chi connectivity index (χ2v) is 4.71. The molecular formula is C14H11BrN2O2. The molecule has 5 heteroatoms. The van der Waals surface area contributed by atoms with Gasteiger partial charge in [0, 0.05) is 10.0 Å². The minimum absolute atomic E-state index is 0.120. The van der Waals surface area contributed by atoms with Crippen molar-refractivity contribution in [3.05, 3.63) is 64.1 Å². The molecule has 0 fully saturated rings. The number of carbonyl (C=O) groups is 1. The topological polar surface area (TPSA) is 61.7 Å². The number of nitrogens with zero attached hydrogens (tertiary/aromatic N) is 1. The zero-order valence-electron chi connectivity index (χ0n) is 9.88. The van der Waals surface area contributed by atoms with E-state index in [9.17, 15) is 4.79 Å². The summed E-state index contributed by atoms with van der Waals surface area (Å²) < 4.78 is 0.984. The number of hydrogen-bond acceptors (Lipinski definition) is 3. The average molecular weight is 319 g/mol. The van der Waals surface area contributed by atoms with Crippen molar-refractivity contribution in [3.8, 4) is 5.75 Å². The van der Waals surface area contributed by atoms with E-state index < -0.39 is 0 Å². The number of phenolic OH excluding ortho intramolecular Hbond substituents is 1. The van der Waals surface area contributed by atoms with Gasteiger partial charge in [-0.25, -0.2) is 5.43 Å². The number of hydrogen-bond donors (Lipinski definition) is 2. The lowest BCUT2D eigenvalue weighted by molar-refractivity contribution is 0.0955. The van der Waals surface area contributed by atoms with Crippen molar-refractivity contribution in [2.45, 2.75) is 0 Å². The van der Waals surface area contributed by atoms with E-state index in [1.165, 1.54) is 24.3 Å². The highest BCUT2D eigenvalue weighted by atomic mass is 79.9. The lowest BCUT2D eigenvalue weighted by Crippen LogP contribution is -2.17. The van der Waals surface area contributed by atoms with Crippen LogP contribution in [0.1, 0.15) is 15.9 Å². The molecule has 0 aliphatic carbocycles. The Labute approximate surface area is 118 Å². The van der Waals surface area contributed by atoms with E-state index in [-0.39, 0.29) is 11.7 Å². The van der Waals surface area contributed by atoms with Gasteiger partial charge in [0.2, 0.25) is 0 Å². The van der Waals surface area contributed by atoms with E-state index in [1.54, 1.807) is 6.21 Å². The van der Waals surface area contributed by atoms with Crippen molar-refractivity contribution in [2.24, 2.45) is 5.10 Å². The number of carbonyl (C=O) groups excluding carboxylic acids is 1. The van der Waals surface area contributed by atoms with Crippen LogP contribution in [0.25, 0.3) is 0 Å². The van der Waals surface area contributed by atoms with Gasteiger partial charge in [0.1, 0.15) is 5.75 Å². The van der Waals surface area contributed by atoms with Crippen LogP contribution in [0.4, 0.5) is 0 Å². The molecule has 1 amide bonds. The molecule has 0 unspecified atom stereocenters. The molecule has 2 aromatic rings. The molecule has 2 rings (SSSR count). The standard InChI is InChI=1S/C14H11BrN2O2/c15-12-5-1-10(2-6-12)9-16-17-14(19)11-3-7-13(18)8-4-11/h1-9,18H,(H,17,19)/b16-9-. The minimum Gasteiger partial charge on any atom is -0.508 e. The van der Waals surface area contributed by atoms with Crippen LogP contribution in [0.3, 0.4) is 0 Å². The lowest BCUT2D eigenvalue weighted by atomic mass is 10.2. The van der Waals surface area contributed by atoms with Gasteiger partial charge < -0.3 is 5.11 Å². The van der Waals surface area contributed by atoms with Crippen LogP contribution in [0.2, 0.25) is 0 Å². The first kappa shape index (κ1) is 13.3. The summed E-state index contributed by atoms with van der Waals surface area (Å²) in [5.74, 6) is -0.205. The molecule has 0 bridgehead atoms. The molecule has 96 valence electrons. The Morgan fingerprint density at radius 1 is 1.11 bits per heavy atom. The molecule has 19 heavy (non-hydrogen) atoms. The van der Waals surface area contributed by atoms with Gasteiger partial charge in [-0.3, -0.25) is 4.79 Å². The summed E-state index contributed by atoms with van der Waals surface area (Å²) >= 11 is 3.34. The maximum Gasteiger partial charge on any atom is 0.271 e. The number of hydrazone groups is 1. The normalized spacial score (nSPS) is 10.6. The van der Waals surface area contributed by atoms with Crippen molar-refractivity contribution in [1.82, 2.24) is 5.43 Å². The smallest absolute Gasteiger partial charge is 0.271 e. The van der Waals surface area contributed by atoms with Gasteiger partial charge in [-0.1, -0.05) is 28.1 Å². The Morgan fingerprint density at radius 3 is 2.37 bits per heavy atom. The fraction of sp³-hybridized carbons (Fsp3) is 0. The van der Waals surface area contributed by atoms with Gasteiger partial charge in [-0.2, -0.15) is 5.10 Å². The molecule has 0 aromatic heterocycles. The second-order valence-electron chi connectivity index (χ2n) is 3.80. The highest BCUT2D eigenvalue weighted by molar-refractivity contribution is 9.10. The van der Waals surface area contributed by atoms with E-state index in [2.05, 4.69) is 26.5 Å². The number of nitrogens with one attached hydrogen (secondary N) is 1. The van der Waals surface area contributed by atoms with E-state index in [4.69, 9.17) is 5.11 Å². The molecule has 0 heterocycles. The Bertz CT molecular complexity index is 592. The van der Waals surface area contributed by atoms with Crippen LogP contribution in [0.15, 0.2) is 58.1 Å². The summed E-state index contributed by atoms with van der Waals surface area (Å²) in [6.07, 6.45) is 1.56. The van der Waals surface area contributed by atoms with Crippen molar-refractivity contribution in [3.63, 3.8) is 0 Å². The van der Waals surface area contributed by atoms with Crippen LogP contribution in [0.5, 0.6) is 5.75 Å². The van der Waals surface area contributed by atoms with E-state index in [1.807, 2.05) is 24.3 Å². The number of aromatic hydroxyl groups is 1. The Kier molecular flexibility index (Phi) is 4.30. The van der Waals surface area contributed by atoms with Gasteiger partial charge in [-0.05, 0) is 42.0 Å². The van der Waals surface area contributed by atoms with Crippen LogP contribution in [0, 0.1) is 0 Å². The third-order valence-corrected chi connectivity index (χ3v) is 2.91. The van der Waals surface area contributed by atoms with Gasteiger partial charge >= 0.3 is 0 Å². The zero-order chi connectivity index (χ0) is 13.7. The van der Waals surface area contributed by atoms with Gasteiger partial charge in [-0.15, -0.1) is 0 Å². The van der Waals surface area contributed by atoms with Gasteiger partial charge in [0.25, 0.3) is 5.91 Å². The number of amides is 1. The number of benzene rings is 2. The maximum atomic E-state index is 11.7. The molecule has 2 aromatic carbocycles. The number of phenols is 1. The molecule has 0 aliphatic rings.